The molecule has 0 aliphatic carbocycles. The molecule has 5 heteroatoms. The lowest BCUT2D eigenvalue weighted by atomic mass is 10.1. The average Bonchev–Trinajstić information content (AvgIpc) is 2.38. The molecule has 0 spiro atoms. The second kappa shape index (κ2) is 5.84. The van der Waals surface area contributed by atoms with Crippen LogP contribution in [0.2, 0.25) is 0 Å². The van der Waals surface area contributed by atoms with Crippen LogP contribution in [0.25, 0.3) is 0 Å². The van der Waals surface area contributed by atoms with Crippen molar-refractivity contribution >= 4 is 17.5 Å². The summed E-state index contributed by atoms with van der Waals surface area (Å²) >= 11 is 0. The first kappa shape index (κ1) is 13.5. The Labute approximate surface area is 113 Å². The normalized spacial score (nSPS) is 19.1. The average molecular weight is 261 g/mol. The predicted octanol–water partition coefficient (Wildman–Crippen LogP) is 1.08. The van der Waals surface area contributed by atoms with Crippen LogP contribution >= 0.6 is 0 Å². The summed E-state index contributed by atoms with van der Waals surface area (Å²) < 4.78 is 0. The SMILES string of the molecule is CC(=O)Nc1cccc(C(=O)N2CCNC[C@H]2C)c1. The van der Waals surface area contributed by atoms with Crippen molar-refractivity contribution in [3.05, 3.63) is 29.8 Å². The maximum absolute atomic E-state index is 12.4. The number of carbonyl (C=O) groups is 2. The molecule has 19 heavy (non-hydrogen) atoms. The largest absolute Gasteiger partial charge is 0.333 e. The van der Waals surface area contributed by atoms with Gasteiger partial charge in [-0.25, -0.2) is 0 Å². The summed E-state index contributed by atoms with van der Waals surface area (Å²) in [7, 11) is 0. The van der Waals surface area contributed by atoms with Gasteiger partial charge in [0.1, 0.15) is 0 Å². The number of nitrogens with one attached hydrogen (secondary N) is 2. The van der Waals surface area contributed by atoms with Gasteiger partial charge in [-0.2, -0.15) is 0 Å². The number of piperazine rings is 1. The Morgan fingerprint density at radius 3 is 2.89 bits per heavy atom. The van der Waals surface area contributed by atoms with Crippen molar-refractivity contribution in [2.24, 2.45) is 0 Å². The Kier molecular flexibility index (Phi) is 4.16. The Hall–Kier alpha value is -1.88. The third kappa shape index (κ3) is 3.32. The van der Waals surface area contributed by atoms with Crippen LogP contribution in [0.4, 0.5) is 5.69 Å². The minimum atomic E-state index is -0.139. The molecule has 0 radical (unpaired) electrons. The molecule has 102 valence electrons. The molecule has 5 nitrogen and oxygen atoms in total. The molecule has 2 N–H and O–H groups in total. The van der Waals surface area contributed by atoms with E-state index in [-0.39, 0.29) is 17.9 Å². The molecular weight excluding hydrogens is 242 g/mol. The van der Waals surface area contributed by atoms with Crippen LogP contribution in [0.15, 0.2) is 24.3 Å². The van der Waals surface area contributed by atoms with E-state index in [0.29, 0.717) is 17.8 Å². The molecule has 0 bridgehead atoms. The maximum atomic E-state index is 12.4. The van der Waals surface area contributed by atoms with Crippen LogP contribution in [0.1, 0.15) is 24.2 Å². The van der Waals surface area contributed by atoms with E-state index >= 15 is 0 Å². The summed E-state index contributed by atoms with van der Waals surface area (Å²) in [5, 5.41) is 5.95. The van der Waals surface area contributed by atoms with Gasteiger partial charge in [0, 0.05) is 43.9 Å². The molecule has 0 unspecified atom stereocenters. The van der Waals surface area contributed by atoms with Gasteiger partial charge in [0.15, 0.2) is 0 Å². The minimum Gasteiger partial charge on any atom is -0.333 e. The molecular formula is C14H19N3O2. The fourth-order valence-corrected chi connectivity index (χ4v) is 2.24. The molecule has 1 saturated heterocycles. The summed E-state index contributed by atoms with van der Waals surface area (Å²) in [6.45, 7) is 5.83. The standard InChI is InChI=1S/C14H19N3O2/c1-10-9-15-6-7-17(10)14(19)12-4-3-5-13(8-12)16-11(2)18/h3-5,8,10,15H,6-7,9H2,1-2H3,(H,16,18)/t10-/m1/s1. The summed E-state index contributed by atoms with van der Waals surface area (Å²) in [4.78, 5) is 25.3. The quantitative estimate of drug-likeness (QED) is 0.837. The van der Waals surface area contributed by atoms with Crippen LogP contribution in [0.5, 0.6) is 0 Å². The van der Waals surface area contributed by atoms with Crippen LogP contribution in [-0.4, -0.2) is 42.4 Å². The van der Waals surface area contributed by atoms with Gasteiger partial charge in [-0.3, -0.25) is 9.59 Å². The van der Waals surface area contributed by atoms with E-state index in [1.807, 2.05) is 11.8 Å². The van der Waals surface area contributed by atoms with E-state index in [2.05, 4.69) is 10.6 Å². The third-order valence-electron chi connectivity index (χ3n) is 3.19. The first-order valence-electron chi connectivity index (χ1n) is 6.47. The zero-order chi connectivity index (χ0) is 13.8. The Bertz CT molecular complexity index is 487. The molecule has 1 fully saturated rings. The number of hydrogen-bond acceptors (Lipinski definition) is 3. The highest BCUT2D eigenvalue weighted by molar-refractivity contribution is 5.97. The molecule has 1 atom stereocenters. The molecule has 1 aliphatic heterocycles. The number of carbonyl (C=O) groups excluding carboxylic acids is 2. The molecule has 0 aromatic heterocycles. The number of anilines is 1. The van der Waals surface area contributed by atoms with Gasteiger partial charge < -0.3 is 15.5 Å². The lowest BCUT2D eigenvalue weighted by Gasteiger charge is -2.34. The van der Waals surface area contributed by atoms with Gasteiger partial charge >= 0.3 is 0 Å². The van der Waals surface area contributed by atoms with Gasteiger partial charge in [-0.1, -0.05) is 6.07 Å². The van der Waals surface area contributed by atoms with E-state index in [9.17, 15) is 9.59 Å². The number of rotatable bonds is 2. The third-order valence-corrected chi connectivity index (χ3v) is 3.19. The van der Waals surface area contributed by atoms with E-state index < -0.39 is 0 Å². The Morgan fingerprint density at radius 1 is 1.42 bits per heavy atom. The zero-order valence-electron chi connectivity index (χ0n) is 11.3. The lowest BCUT2D eigenvalue weighted by Crippen LogP contribution is -2.52. The molecule has 2 amide bonds. The highest BCUT2D eigenvalue weighted by Gasteiger charge is 2.23. The first-order valence-corrected chi connectivity index (χ1v) is 6.47. The van der Waals surface area contributed by atoms with Crippen molar-refractivity contribution in [3.8, 4) is 0 Å². The molecule has 2 rings (SSSR count). The van der Waals surface area contributed by atoms with Crippen LogP contribution in [0.3, 0.4) is 0 Å². The number of benzene rings is 1. The van der Waals surface area contributed by atoms with E-state index in [1.165, 1.54) is 6.92 Å². The smallest absolute Gasteiger partial charge is 0.254 e. The second-order valence-electron chi connectivity index (χ2n) is 4.81. The van der Waals surface area contributed by atoms with Gasteiger partial charge in [-0.15, -0.1) is 0 Å². The van der Waals surface area contributed by atoms with Crippen molar-refractivity contribution < 1.29 is 9.59 Å². The Morgan fingerprint density at radius 2 is 2.21 bits per heavy atom. The van der Waals surface area contributed by atoms with Gasteiger partial charge in [-0.05, 0) is 25.1 Å². The summed E-state index contributed by atoms with van der Waals surface area (Å²) in [5.74, 6) is -0.124. The van der Waals surface area contributed by atoms with Crippen molar-refractivity contribution in [1.29, 1.82) is 0 Å². The van der Waals surface area contributed by atoms with Crippen molar-refractivity contribution in [3.63, 3.8) is 0 Å². The minimum absolute atomic E-state index is 0.0150. The molecule has 0 saturated carbocycles. The predicted molar refractivity (Wildman–Crippen MR) is 74.1 cm³/mol. The maximum Gasteiger partial charge on any atom is 0.254 e. The van der Waals surface area contributed by atoms with Crippen molar-refractivity contribution in [1.82, 2.24) is 10.2 Å². The summed E-state index contributed by atoms with van der Waals surface area (Å²) in [6, 6.07) is 7.25. The second-order valence-corrected chi connectivity index (χ2v) is 4.81. The Balaban J connectivity index is 2.16. The number of nitrogens with zero attached hydrogens (tertiary/aromatic N) is 1. The van der Waals surface area contributed by atoms with Crippen molar-refractivity contribution in [2.75, 3.05) is 25.0 Å². The summed E-state index contributed by atoms with van der Waals surface area (Å²) in [6.07, 6.45) is 0. The first-order chi connectivity index (χ1) is 9.08. The topological polar surface area (TPSA) is 61.4 Å². The lowest BCUT2D eigenvalue weighted by molar-refractivity contribution is -0.114. The van der Waals surface area contributed by atoms with E-state index in [0.717, 1.165) is 13.1 Å². The summed E-state index contributed by atoms with van der Waals surface area (Å²) in [5.41, 5.74) is 1.26. The zero-order valence-corrected chi connectivity index (χ0v) is 11.3. The highest BCUT2D eigenvalue weighted by Crippen LogP contribution is 2.15. The fraction of sp³-hybridized carbons (Fsp3) is 0.429. The van der Waals surface area contributed by atoms with Crippen LogP contribution in [-0.2, 0) is 4.79 Å². The molecule has 1 aromatic carbocycles. The monoisotopic (exact) mass is 261 g/mol. The van der Waals surface area contributed by atoms with Gasteiger partial charge in [0.25, 0.3) is 5.91 Å². The number of hydrogen-bond donors (Lipinski definition) is 2. The fourth-order valence-electron chi connectivity index (χ4n) is 2.24. The molecule has 1 aliphatic rings. The van der Waals surface area contributed by atoms with E-state index in [1.54, 1.807) is 24.3 Å². The van der Waals surface area contributed by atoms with Crippen molar-refractivity contribution in [2.45, 2.75) is 19.9 Å². The van der Waals surface area contributed by atoms with Gasteiger partial charge in [0.2, 0.25) is 5.91 Å². The molecule has 1 heterocycles. The van der Waals surface area contributed by atoms with E-state index in [4.69, 9.17) is 0 Å². The molecule has 1 aromatic rings. The van der Waals surface area contributed by atoms with Crippen LogP contribution < -0.4 is 10.6 Å². The van der Waals surface area contributed by atoms with Crippen LogP contribution in [0, 0.1) is 0 Å². The highest BCUT2D eigenvalue weighted by atomic mass is 16.2. The number of amides is 2. The van der Waals surface area contributed by atoms with Gasteiger partial charge in [0.05, 0.1) is 0 Å².